The molecule has 0 atom stereocenters. The number of esters is 1. The van der Waals surface area contributed by atoms with Crippen molar-refractivity contribution < 1.29 is 9.53 Å². The molecule has 1 aromatic rings. The summed E-state index contributed by atoms with van der Waals surface area (Å²) in [6.45, 7) is 3.97. The largest absolute Gasteiger partial charge is 0.426 e. The molecule has 0 unspecified atom stereocenters. The first-order valence-electron chi connectivity index (χ1n) is 3.97. The van der Waals surface area contributed by atoms with Gasteiger partial charge in [0.2, 0.25) is 0 Å². The molecule has 0 aliphatic heterocycles. The number of carbonyl (C=O) groups excluding carboxylic acids is 1. The average Bonchev–Trinajstić information content (AvgIpc) is 2.11. The van der Waals surface area contributed by atoms with E-state index in [1.807, 2.05) is 26.0 Å². The molecule has 0 spiro atoms. The Hall–Kier alpha value is -1.02. The van der Waals surface area contributed by atoms with Crippen molar-refractivity contribution in [3.8, 4) is 5.75 Å². The van der Waals surface area contributed by atoms with Crippen LogP contribution in [0.5, 0.6) is 5.75 Å². The quantitative estimate of drug-likeness (QED) is 0.415. The molecule has 0 amide bonds. The smallest absolute Gasteiger partial charge is 0.326 e. The van der Waals surface area contributed by atoms with Crippen molar-refractivity contribution in [2.45, 2.75) is 13.8 Å². The lowest BCUT2D eigenvalue weighted by Crippen LogP contribution is -2.08. The fraction of sp³-hybridized carbons (Fsp3) is 0.300. The van der Waals surface area contributed by atoms with E-state index in [2.05, 4.69) is 0 Å². The molecule has 13 heavy (non-hydrogen) atoms. The molecule has 0 heterocycles. The first kappa shape index (κ1) is 10.1. The summed E-state index contributed by atoms with van der Waals surface area (Å²) in [4.78, 5) is 10.8. The van der Waals surface area contributed by atoms with Gasteiger partial charge in [-0.3, -0.25) is 4.79 Å². The zero-order valence-corrected chi connectivity index (χ0v) is 8.39. The van der Waals surface area contributed by atoms with Crippen molar-refractivity contribution >= 4 is 17.6 Å². The van der Waals surface area contributed by atoms with Gasteiger partial charge in [-0.05, 0) is 37.1 Å². The Labute approximate surface area is 82.5 Å². The number of ether oxygens (including phenoxy) is 1. The first-order valence-corrected chi connectivity index (χ1v) is 4.51. The summed E-state index contributed by atoms with van der Waals surface area (Å²) in [5, 5.41) is 0. The first-order chi connectivity index (χ1) is 6.13. The number of alkyl halides is 1. The molecule has 0 fully saturated rings. The van der Waals surface area contributed by atoms with Crippen LogP contribution in [0.1, 0.15) is 11.1 Å². The van der Waals surface area contributed by atoms with Crippen molar-refractivity contribution in [3.63, 3.8) is 0 Å². The number of hydrogen-bond acceptors (Lipinski definition) is 2. The standard InChI is InChI=1S/C10H11ClO2/c1-7-3-4-9(5-8(7)2)13-10(12)6-11/h3-5H,6H2,1-2H3. The molecule has 1 aromatic carbocycles. The molecule has 1 rings (SSSR count). The van der Waals surface area contributed by atoms with Crippen molar-refractivity contribution in [2.24, 2.45) is 0 Å². The maximum Gasteiger partial charge on any atom is 0.326 e. The second-order valence-corrected chi connectivity index (χ2v) is 3.12. The number of halogens is 1. The van der Waals surface area contributed by atoms with Crippen LogP contribution in [-0.4, -0.2) is 11.8 Å². The Morgan fingerprint density at radius 1 is 1.38 bits per heavy atom. The SMILES string of the molecule is Cc1ccc(OC(=O)CCl)cc1C. The van der Waals surface area contributed by atoms with Crippen LogP contribution in [0.25, 0.3) is 0 Å². The van der Waals surface area contributed by atoms with E-state index in [0.29, 0.717) is 5.75 Å². The third-order valence-electron chi connectivity index (χ3n) is 1.82. The van der Waals surface area contributed by atoms with Crippen LogP contribution in [0, 0.1) is 13.8 Å². The van der Waals surface area contributed by atoms with Crippen LogP contribution in [-0.2, 0) is 4.79 Å². The predicted molar refractivity (Wildman–Crippen MR) is 52.3 cm³/mol. The fourth-order valence-corrected chi connectivity index (χ4v) is 0.991. The lowest BCUT2D eigenvalue weighted by atomic mass is 10.1. The number of carbonyl (C=O) groups is 1. The van der Waals surface area contributed by atoms with E-state index in [-0.39, 0.29) is 5.88 Å². The topological polar surface area (TPSA) is 26.3 Å². The fourth-order valence-electron chi connectivity index (χ4n) is 0.936. The highest BCUT2D eigenvalue weighted by molar-refractivity contribution is 6.26. The number of benzene rings is 1. The van der Waals surface area contributed by atoms with E-state index in [1.165, 1.54) is 5.56 Å². The molecule has 0 radical (unpaired) electrons. The second-order valence-electron chi connectivity index (χ2n) is 2.85. The van der Waals surface area contributed by atoms with Gasteiger partial charge in [0.05, 0.1) is 0 Å². The van der Waals surface area contributed by atoms with Crippen molar-refractivity contribution in [3.05, 3.63) is 29.3 Å². The maximum atomic E-state index is 10.8. The van der Waals surface area contributed by atoms with Crippen molar-refractivity contribution in [2.75, 3.05) is 5.88 Å². The van der Waals surface area contributed by atoms with Gasteiger partial charge in [-0.1, -0.05) is 6.07 Å². The summed E-state index contributed by atoms with van der Waals surface area (Å²) >= 11 is 5.30. The van der Waals surface area contributed by atoms with Gasteiger partial charge in [-0.15, -0.1) is 11.6 Å². The van der Waals surface area contributed by atoms with Gasteiger partial charge < -0.3 is 4.74 Å². The zero-order valence-electron chi connectivity index (χ0n) is 7.63. The number of aryl methyl sites for hydroxylation is 2. The molecule has 70 valence electrons. The Bertz CT molecular complexity index is 321. The Balaban J connectivity index is 2.79. The summed E-state index contributed by atoms with van der Waals surface area (Å²) < 4.78 is 4.93. The van der Waals surface area contributed by atoms with Crippen molar-refractivity contribution in [1.29, 1.82) is 0 Å². The Morgan fingerprint density at radius 3 is 2.62 bits per heavy atom. The van der Waals surface area contributed by atoms with Gasteiger partial charge in [0, 0.05) is 0 Å². The van der Waals surface area contributed by atoms with E-state index >= 15 is 0 Å². The normalized spacial score (nSPS) is 9.77. The van der Waals surface area contributed by atoms with E-state index in [0.717, 1.165) is 5.56 Å². The average molecular weight is 199 g/mol. The van der Waals surface area contributed by atoms with Gasteiger partial charge >= 0.3 is 5.97 Å². The van der Waals surface area contributed by atoms with Gasteiger partial charge in [-0.2, -0.15) is 0 Å². The third kappa shape index (κ3) is 2.74. The van der Waals surface area contributed by atoms with Crippen LogP contribution in [0.3, 0.4) is 0 Å². The lowest BCUT2D eigenvalue weighted by Gasteiger charge is -2.04. The van der Waals surface area contributed by atoms with Gasteiger partial charge in [0.15, 0.2) is 0 Å². The highest BCUT2D eigenvalue weighted by Gasteiger charge is 2.02. The van der Waals surface area contributed by atoms with Crippen LogP contribution >= 0.6 is 11.6 Å². The summed E-state index contributed by atoms with van der Waals surface area (Å²) in [5.74, 6) is 0.00564. The summed E-state index contributed by atoms with van der Waals surface area (Å²) in [5.41, 5.74) is 2.27. The molecule has 0 aromatic heterocycles. The van der Waals surface area contributed by atoms with Crippen LogP contribution < -0.4 is 4.74 Å². The molecule has 0 bridgehead atoms. The van der Waals surface area contributed by atoms with E-state index in [9.17, 15) is 4.79 Å². The monoisotopic (exact) mass is 198 g/mol. The van der Waals surface area contributed by atoms with Crippen molar-refractivity contribution in [1.82, 2.24) is 0 Å². The molecule has 2 nitrogen and oxygen atoms in total. The highest BCUT2D eigenvalue weighted by atomic mass is 35.5. The molecule has 0 saturated heterocycles. The maximum absolute atomic E-state index is 10.8. The molecule has 0 saturated carbocycles. The number of hydrogen-bond donors (Lipinski definition) is 0. The van der Waals surface area contributed by atoms with Gasteiger partial charge in [0.25, 0.3) is 0 Å². The third-order valence-corrected chi connectivity index (χ3v) is 2.04. The summed E-state index contributed by atoms with van der Waals surface area (Å²) in [6, 6.07) is 5.48. The second kappa shape index (κ2) is 4.28. The van der Waals surface area contributed by atoms with Gasteiger partial charge in [0.1, 0.15) is 11.6 Å². The summed E-state index contributed by atoms with van der Waals surface area (Å²) in [7, 11) is 0. The predicted octanol–water partition coefficient (Wildman–Crippen LogP) is 2.45. The minimum absolute atomic E-state index is 0.118. The van der Waals surface area contributed by atoms with Gasteiger partial charge in [-0.25, -0.2) is 0 Å². The summed E-state index contributed by atoms with van der Waals surface area (Å²) in [6.07, 6.45) is 0. The van der Waals surface area contributed by atoms with E-state index in [4.69, 9.17) is 16.3 Å². The Kier molecular flexibility index (Phi) is 3.32. The molecule has 0 aliphatic rings. The zero-order chi connectivity index (χ0) is 9.84. The van der Waals surface area contributed by atoms with E-state index < -0.39 is 5.97 Å². The minimum atomic E-state index is -0.426. The highest BCUT2D eigenvalue weighted by Crippen LogP contribution is 2.16. The lowest BCUT2D eigenvalue weighted by molar-refractivity contribution is -0.131. The van der Waals surface area contributed by atoms with Crippen LogP contribution in [0.4, 0.5) is 0 Å². The van der Waals surface area contributed by atoms with Crippen LogP contribution in [0.15, 0.2) is 18.2 Å². The van der Waals surface area contributed by atoms with E-state index in [1.54, 1.807) is 6.07 Å². The number of rotatable bonds is 2. The molecule has 0 N–H and O–H groups in total. The molecular weight excluding hydrogens is 188 g/mol. The molecule has 0 aliphatic carbocycles. The minimum Gasteiger partial charge on any atom is -0.426 e. The molecular formula is C10H11ClO2. The molecule has 3 heteroatoms. The Morgan fingerprint density at radius 2 is 2.08 bits per heavy atom. The van der Waals surface area contributed by atoms with Crippen LogP contribution in [0.2, 0.25) is 0 Å².